The Morgan fingerprint density at radius 2 is 0.640 bits per heavy atom. The van der Waals surface area contributed by atoms with E-state index in [1.807, 2.05) is 21.1 Å². The fourth-order valence-electron chi connectivity index (χ4n) is 9.60. The van der Waals surface area contributed by atoms with Gasteiger partial charge in [-0.2, -0.15) is 0 Å². The number of nitrogens with zero attached hydrogens (tertiary/aromatic N) is 1. The van der Waals surface area contributed by atoms with E-state index in [9.17, 15) is 19.5 Å². The number of likely N-dealkylation sites (N-methyl/N-ethyl adjacent to an activating group) is 1. The number of carboxylic acid groups (broad SMARTS) is 1. The van der Waals surface area contributed by atoms with Gasteiger partial charge in [-0.1, -0.05) is 295 Å². The highest BCUT2D eigenvalue weighted by Crippen LogP contribution is 2.16. The number of hydrogen-bond donors (Lipinski definition) is 1. The van der Waals surface area contributed by atoms with E-state index in [1.54, 1.807) is 0 Å². The summed E-state index contributed by atoms with van der Waals surface area (Å²) in [5.41, 5.74) is 0. The van der Waals surface area contributed by atoms with Crippen LogP contribution in [-0.4, -0.2) is 87.4 Å². The van der Waals surface area contributed by atoms with Gasteiger partial charge in [-0.3, -0.25) is 9.59 Å². The van der Waals surface area contributed by atoms with Crippen molar-refractivity contribution in [2.45, 2.75) is 296 Å². The number of hydrogen-bond acceptors (Lipinski definition) is 7. The molecule has 0 aromatic carbocycles. The van der Waals surface area contributed by atoms with Crippen molar-refractivity contribution in [1.29, 1.82) is 0 Å². The monoisotopic (exact) mass is 1240 g/mol. The van der Waals surface area contributed by atoms with Gasteiger partial charge < -0.3 is 28.5 Å². The maximum atomic E-state index is 12.9. The lowest BCUT2D eigenvalue weighted by atomic mass is 10.0. The lowest BCUT2D eigenvalue weighted by molar-refractivity contribution is -0.870. The van der Waals surface area contributed by atoms with Crippen LogP contribution in [0, 0.1) is 0 Å². The molecule has 2 unspecified atom stereocenters. The van der Waals surface area contributed by atoms with E-state index in [2.05, 4.69) is 160 Å². The average molecular weight is 1240 g/mol. The molecule has 0 aromatic heterocycles. The van der Waals surface area contributed by atoms with Crippen LogP contribution in [0.25, 0.3) is 0 Å². The number of ether oxygens (including phenoxy) is 4. The molecule has 9 nitrogen and oxygen atoms in total. The first-order chi connectivity index (χ1) is 43.6. The van der Waals surface area contributed by atoms with Crippen LogP contribution < -0.4 is 0 Å². The minimum atomic E-state index is -1.53. The third-order valence-corrected chi connectivity index (χ3v) is 15.1. The minimum Gasteiger partial charge on any atom is -0.477 e. The molecule has 0 aromatic rings. The summed E-state index contributed by atoms with van der Waals surface area (Å²) in [7, 11) is 5.96. The SMILES string of the molecule is CC/C=C\C/C=C\C/C=C\C/C=C\C/C=C\C/C=C\C/C=C\C/C=C\C/C=C\C/C=C\C/C=C\CCCCCC(=O)OC(COC(=O)CCCCCCCCCCCCCCCCC/C=C\CCCCCCCCCC)COC(OCC[N+](C)(C)C)C(=O)O. The fourth-order valence-corrected chi connectivity index (χ4v) is 9.60. The Morgan fingerprint density at radius 1 is 0.348 bits per heavy atom. The summed E-state index contributed by atoms with van der Waals surface area (Å²) in [6, 6.07) is 0. The molecule has 0 aliphatic carbocycles. The second-order valence-corrected chi connectivity index (χ2v) is 24.8. The number of esters is 2. The molecule has 0 amide bonds. The molecule has 0 rings (SSSR count). The molecule has 0 bridgehead atoms. The van der Waals surface area contributed by atoms with E-state index < -0.39 is 24.3 Å². The molecule has 506 valence electrons. The van der Waals surface area contributed by atoms with Crippen LogP contribution in [0.2, 0.25) is 0 Å². The number of allylic oxidation sites excluding steroid dienone is 24. The Balaban J connectivity index is 4.23. The highest BCUT2D eigenvalue weighted by Gasteiger charge is 2.25. The summed E-state index contributed by atoms with van der Waals surface area (Å²) < 4.78 is 22.9. The van der Waals surface area contributed by atoms with E-state index >= 15 is 0 Å². The van der Waals surface area contributed by atoms with Gasteiger partial charge in [0.1, 0.15) is 13.2 Å². The maximum absolute atomic E-state index is 12.9. The standard InChI is InChI=1S/C80H133NO8/c1-6-8-10-12-14-16-18-20-22-24-26-28-30-32-34-35-36-37-38-39-40-41-42-43-45-47-49-51-53-55-57-59-61-63-65-67-69-71-78(83)89-76(75-88-80(79(84)85)86-73-72-81(3,4)5)74-87-77(82)70-68-66-64-62-60-58-56-54-52-50-48-46-44-33-31-29-27-25-23-21-19-17-15-13-11-9-7-2/h8,10,14,16,20,22,25-28,32,34,36-37,39-40,42-43,47,49,53,55,59,61,76,80H,6-7,9,11-13,15,17-19,21,23-24,29-31,33,35,38,41,44-46,48,50-52,54,56-58,60,62-75H2,1-5H3/p+1/b10-8-,16-14-,22-20-,27-25-,28-26-,34-32-,37-36-,40-39-,43-42-,49-47-,55-53-,61-59-. The number of quaternary nitrogens is 1. The lowest BCUT2D eigenvalue weighted by Gasteiger charge is -2.25. The molecular formula is C80H134NO8+. The van der Waals surface area contributed by atoms with Crippen LogP contribution in [0.1, 0.15) is 284 Å². The molecule has 0 fully saturated rings. The van der Waals surface area contributed by atoms with E-state index in [0.29, 0.717) is 17.4 Å². The molecule has 0 spiro atoms. The van der Waals surface area contributed by atoms with Crippen LogP contribution in [0.4, 0.5) is 0 Å². The third kappa shape index (κ3) is 70.5. The molecule has 1 N–H and O–H groups in total. The number of rotatable bonds is 65. The molecule has 0 aliphatic rings. The Morgan fingerprint density at radius 3 is 0.978 bits per heavy atom. The summed E-state index contributed by atoms with van der Waals surface area (Å²) in [5.74, 6) is -2.06. The summed E-state index contributed by atoms with van der Waals surface area (Å²) in [6.07, 6.45) is 98.2. The number of carbonyl (C=O) groups is 3. The predicted octanol–water partition coefficient (Wildman–Crippen LogP) is 22.7. The molecule has 2 atom stereocenters. The van der Waals surface area contributed by atoms with Crippen LogP contribution in [-0.2, 0) is 33.3 Å². The van der Waals surface area contributed by atoms with E-state index in [0.717, 1.165) is 109 Å². The van der Waals surface area contributed by atoms with Crippen LogP contribution in [0.15, 0.2) is 146 Å². The van der Waals surface area contributed by atoms with Crippen LogP contribution >= 0.6 is 0 Å². The number of unbranched alkanes of at least 4 members (excludes halogenated alkanes) is 26. The van der Waals surface area contributed by atoms with Crippen molar-refractivity contribution in [1.82, 2.24) is 0 Å². The van der Waals surface area contributed by atoms with E-state index in [1.165, 1.54) is 141 Å². The number of carbonyl (C=O) groups excluding carboxylic acids is 2. The highest BCUT2D eigenvalue weighted by atomic mass is 16.7. The normalized spacial score (nSPS) is 13.6. The van der Waals surface area contributed by atoms with Crippen molar-refractivity contribution in [3.05, 3.63) is 146 Å². The first-order valence-corrected chi connectivity index (χ1v) is 36.0. The molecule has 0 aliphatic heterocycles. The van der Waals surface area contributed by atoms with Crippen molar-refractivity contribution in [3.8, 4) is 0 Å². The zero-order valence-corrected chi connectivity index (χ0v) is 57.8. The van der Waals surface area contributed by atoms with E-state index in [-0.39, 0.29) is 38.6 Å². The van der Waals surface area contributed by atoms with Crippen LogP contribution in [0.3, 0.4) is 0 Å². The first-order valence-electron chi connectivity index (χ1n) is 36.0. The van der Waals surface area contributed by atoms with Gasteiger partial charge in [-0.15, -0.1) is 0 Å². The molecule has 89 heavy (non-hydrogen) atoms. The number of carboxylic acids is 1. The highest BCUT2D eigenvalue weighted by molar-refractivity contribution is 5.71. The largest absolute Gasteiger partial charge is 0.477 e. The Hall–Kier alpha value is -4.83. The van der Waals surface area contributed by atoms with Gasteiger partial charge in [0.25, 0.3) is 6.29 Å². The maximum Gasteiger partial charge on any atom is 0.361 e. The van der Waals surface area contributed by atoms with Gasteiger partial charge in [0.2, 0.25) is 0 Å². The van der Waals surface area contributed by atoms with Gasteiger partial charge in [-0.25, -0.2) is 4.79 Å². The van der Waals surface area contributed by atoms with Crippen molar-refractivity contribution < 1.29 is 42.9 Å². The summed E-state index contributed by atoms with van der Waals surface area (Å²) in [6.45, 7) is 4.73. The Bertz CT molecular complexity index is 1970. The quantitative estimate of drug-likeness (QED) is 0.0211. The topological polar surface area (TPSA) is 108 Å². The van der Waals surface area contributed by atoms with Crippen LogP contribution in [0.5, 0.6) is 0 Å². The van der Waals surface area contributed by atoms with Crippen molar-refractivity contribution in [2.75, 3.05) is 47.5 Å². The fraction of sp³-hybridized carbons (Fsp3) is 0.662. The average Bonchev–Trinajstić information content (AvgIpc) is 3.70. The molecule has 0 saturated heterocycles. The molecule has 9 heteroatoms. The number of aliphatic carboxylic acids is 1. The van der Waals surface area contributed by atoms with Crippen molar-refractivity contribution in [3.63, 3.8) is 0 Å². The van der Waals surface area contributed by atoms with Gasteiger partial charge in [0, 0.05) is 12.8 Å². The van der Waals surface area contributed by atoms with Crippen molar-refractivity contribution >= 4 is 17.9 Å². The second-order valence-electron chi connectivity index (χ2n) is 24.8. The Labute approximate surface area is 547 Å². The van der Waals surface area contributed by atoms with Gasteiger partial charge >= 0.3 is 17.9 Å². The minimum absolute atomic E-state index is 0.174. The summed E-state index contributed by atoms with van der Waals surface area (Å²) in [5, 5.41) is 9.75. The lowest BCUT2D eigenvalue weighted by Crippen LogP contribution is -2.40. The molecule has 0 radical (unpaired) electrons. The Kier molecular flexibility index (Phi) is 65.3. The smallest absolute Gasteiger partial charge is 0.361 e. The second kappa shape index (κ2) is 69.1. The molecular weight excluding hydrogens is 1100 g/mol. The molecule has 0 saturated carbocycles. The predicted molar refractivity (Wildman–Crippen MR) is 382 cm³/mol. The summed E-state index contributed by atoms with van der Waals surface area (Å²) >= 11 is 0. The third-order valence-electron chi connectivity index (χ3n) is 15.1. The van der Waals surface area contributed by atoms with Gasteiger partial charge in [-0.05, 0) is 122 Å². The zero-order valence-electron chi connectivity index (χ0n) is 57.8. The van der Waals surface area contributed by atoms with Crippen molar-refractivity contribution in [2.24, 2.45) is 0 Å². The first kappa shape index (κ1) is 84.2. The molecule has 0 heterocycles. The van der Waals surface area contributed by atoms with Gasteiger partial charge in [0.05, 0.1) is 34.4 Å². The zero-order chi connectivity index (χ0) is 64.7. The van der Waals surface area contributed by atoms with Gasteiger partial charge in [0.15, 0.2) is 6.10 Å². The van der Waals surface area contributed by atoms with E-state index in [4.69, 9.17) is 18.9 Å². The summed E-state index contributed by atoms with van der Waals surface area (Å²) in [4.78, 5) is 37.6.